The first-order valence-electron chi connectivity index (χ1n) is 8.24. The Kier molecular flexibility index (Phi) is 5.06. The van der Waals surface area contributed by atoms with E-state index in [2.05, 4.69) is 45.0 Å². The molecule has 0 amide bonds. The Morgan fingerprint density at radius 1 is 1.04 bits per heavy atom. The van der Waals surface area contributed by atoms with Gasteiger partial charge in [0.25, 0.3) is 0 Å². The van der Waals surface area contributed by atoms with Gasteiger partial charge in [0.2, 0.25) is 0 Å². The maximum atomic E-state index is 12.3. The van der Waals surface area contributed by atoms with Crippen LogP contribution in [0.5, 0.6) is 0 Å². The van der Waals surface area contributed by atoms with E-state index in [9.17, 15) is 4.79 Å². The van der Waals surface area contributed by atoms with Gasteiger partial charge in [0, 0.05) is 10.3 Å². The van der Waals surface area contributed by atoms with Crippen LogP contribution in [0.4, 0.5) is 0 Å². The summed E-state index contributed by atoms with van der Waals surface area (Å²) in [6.45, 7) is 8.39. The van der Waals surface area contributed by atoms with Gasteiger partial charge in [-0.05, 0) is 24.6 Å². The van der Waals surface area contributed by atoms with Crippen LogP contribution in [0.25, 0.3) is 20.3 Å². The topological polar surface area (TPSA) is 39.2 Å². The van der Waals surface area contributed by atoms with Crippen LogP contribution in [0.1, 0.15) is 43.1 Å². The first-order chi connectivity index (χ1) is 11.9. The molecule has 0 aliphatic rings. The summed E-state index contributed by atoms with van der Waals surface area (Å²) in [7, 11) is 0. The lowest BCUT2D eigenvalue weighted by Gasteiger charge is -2.16. The molecule has 25 heavy (non-hydrogen) atoms. The van der Waals surface area contributed by atoms with E-state index in [1.165, 1.54) is 21.8 Å². The quantitative estimate of drug-likeness (QED) is 0.527. The molecule has 1 aromatic carbocycles. The third kappa shape index (κ3) is 3.83. The fourth-order valence-corrected chi connectivity index (χ4v) is 4.71. The summed E-state index contributed by atoms with van der Waals surface area (Å²) < 4.78 is 5.22. The number of ether oxygens (including phenoxy) is 1. The first kappa shape index (κ1) is 17.8. The predicted molar refractivity (Wildman–Crippen MR) is 106 cm³/mol. The summed E-state index contributed by atoms with van der Waals surface area (Å²) >= 11 is 3.11. The molecular weight excluding hydrogens is 350 g/mol. The van der Waals surface area contributed by atoms with Crippen LogP contribution in [0, 0.1) is 0 Å². The molecule has 130 valence electrons. The van der Waals surface area contributed by atoms with Crippen LogP contribution in [-0.4, -0.2) is 17.6 Å². The van der Waals surface area contributed by atoms with Crippen LogP contribution in [-0.2, 0) is 10.2 Å². The summed E-state index contributed by atoms with van der Waals surface area (Å²) in [5.41, 5.74) is 1.79. The van der Waals surface area contributed by atoms with Gasteiger partial charge < -0.3 is 4.74 Å². The van der Waals surface area contributed by atoms with Gasteiger partial charge in [0.1, 0.15) is 9.88 Å². The van der Waals surface area contributed by atoms with Gasteiger partial charge in [-0.3, -0.25) is 0 Å². The standard InChI is InChI=1S/C20H21NO2S2/c1-5-23-19(22)16-17(20(2,3)4)21-18(25-16)15-12-11-14(24-15)13-9-7-6-8-10-13/h6-12H,5H2,1-4H3. The highest BCUT2D eigenvalue weighted by Gasteiger charge is 2.28. The average molecular weight is 372 g/mol. The SMILES string of the molecule is CCOC(=O)c1sc(-c2ccc(-c3ccccc3)s2)nc1C(C)(C)C. The Bertz CT molecular complexity index is 873. The number of nitrogens with zero attached hydrogens (tertiary/aromatic N) is 1. The maximum Gasteiger partial charge on any atom is 0.350 e. The predicted octanol–water partition coefficient (Wildman–Crippen LogP) is 6.01. The molecule has 0 saturated heterocycles. The number of rotatable bonds is 4. The monoisotopic (exact) mass is 371 g/mol. The number of esters is 1. The van der Waals surface area contributed by atoms with E-state index in [-0.39, 0.29) is 11.4 Å². The zero-order valence-electron chi connectivity index (χ0n) is 14.8. The van der Waals surface area contributed by atoms with Crippen LogP contribution < -0.4 is 0 Å². The van der Waals surface area contributed by atoms with E-state index < -0.39 is 0 Å². The van der Waals surface area contributed by atoms with Gasteiger partial charge >= 0.3 is 5.97 Å². The fraction of sp³-hybridized carbons (Fsp3) is 0.300. The van der Waals surface area contributed by atoms with Crippen LogP contribution in [0.2, 0.25) is 0 Å². The van der Waals surface area contributed by atoms with Crippen molar-refractivity contribution < 1.29 is 9.53 Å². The minimum Gasteiger partial charge on any atom is -0.462 e. The molecule has 0 aliphatic heterocycles. The third-order valence-corrected chi connectivity index (χ3v) is 6.01. The lowest BCUT2D eigenvalue weighted by atomic mass is 9.91. The molecule has 0 saturated carbocycles. The van der Waals surface area contributed by atoms with Crippen LogP contribution in [0.15, 0.2) is 42.5 Å². The van der Waals surface area contributed by atoms with E-state index in [1.807, 2.05) is 25.1 Å². The third-order valence-electron chi connectivity index (χ3n) is 3.67. The van der Waals surface area contributed by atoms with E-state index in [4.69, 9.17) is 9.72 Å². The van der Waals surface area contributed by atoms with Crippen molar-refractivity contribution in [2.75, 3.05) is 6.61 Å². The minimum absolute atomic E-state index is 0.212. The number of hydrogen-bond acceptors (Lipinski definition) is 5. The Balaban J connectivity index is 2.01. The second kappa shape index (κ2) is 7.10. The highest BCUT2D eigenvalue weighted by molar-refractivity contribution is 7.24. The molecule has 2 heterocycles. The average Bonchev–Trinajstić information content (AvgIpc) is 3.22. The van der Waals surface area contributed by atoms with Crippen LogP contribution >= 0.6 is 22.7 Å². The summed E-state index contributed by atoms with van der Waals surface area (Å²) in [6, 6.07) is 14.5. The molecule has 0 atom stereocenters. The van der Waals surface area contributed by atoms with Crippen molar-refractivity contribution in [2.45, 2.75) is 33.1 Å². The first-order valence-corrected chi connectivity index (χ1v) is 9.87. The van der Waals surface area contributed by atoms with E-state index in [0.717, 1.165) is 15.6 Å². The van der Waals surface area contributed by atoms with Crippen molar-refractivity contribution in [3.8, 4) is 20.3 Å². The lowest BCUT2D eigenvalue weighted by molar-refractivity contribution is 0.0529. The molecule has 0 aliphatic carbocycles. The zero-order valence-corrected chi connectivity index (χ0v) is 16.5. The molecule has 3 nitrogen and oxygen atoms in total. The Hall–Kier alpha value is -1.98. The number of benzene rings is 1. The van der Waals surface area contributed by atoms with Gasteiger partial charge in [-0.2, -0.15) is 0 Å². The number of thiazole rings is 1. The van der Waals surface area contributed by atoms with E-state index >= 15 is 0 Å². The Labute approximate surface area is 156 Å². The summed E-state index contributed by atoms with van der Waals surface area (Å²) in [5, 5.41) is 0.875. The highest BCUT2D eigenvalue weighted by Crippen LogP contribution is 2.39. The molecule has 0 spiro atoms. The van der Waals surface area contributed by atoms with Crippen LogP contribution in [0.3, 0.4) is 0 Å². The van der Waals surface area contributed by atoms with Crippen molar-refractivity contribution in [1.82, 2.24) is 4.98 Å². The molecule has 0 N–H and O–H groups in total. The second-order valence-electron chi connectivity index (χ2n) is 6.70. The molecule has 0 radical (unpaired) electrons. The summed E-state index contributed by atoms with van der Waals surface area (Å²) in [5.74, 6) is -0.281. The van der Waals surface area contributed by atoms with Crippen molar-refractivity contribution in [3.63, 3.8) is 0 Å². The molecule has 0 unspecified atom stereocenters. The molecule has 0 bridgehead atoms. The van der Waals surface area contributed by atoms with E-state index in [1.54, 1.807) is 11.3 Å². The maximum absolute atomic E-state index is 12.3. The summed E-state index contributed by atoms with van der Waals surface area (Å²) in [4.78, 5) is 20.0. The number of thiophene rings is 1. The minimum atomic E-state index is -0.281. The van der Waals surface area contributed by atoms with E-state index in [0.29, 0.717) is 11.5 Å². The highest BCUT2D eigenvalue weighted by atomic mass is 32.1. The van der Waals surface area contributed by atoms with Gasteiger partial charge in [-0.1, -0.05) is 51.1 Å². The van der Waals surface area contributed by atoms with Gasteiger partial charge in [0.05, 0.1) is 17.2 Å². The summed E-state index contributed by atoms with van der Waals surface area (Å²) in [6.07, 6.45) is 0. The number of carbonyl (C=O) groups excluding carboxylic acids is 1. The van der Waals surface area contributed by atoms with Crippen molar-refractivity contribution in [2.24, 2.45) is 0 Å². The van der Waals surface area contributed by atoms with Crippen molar-refractivity contribution >= 4 is 28.6 Å². The Morgan fingerprint density at radius 3 is 2.36 bits per heavy atom. The number of aromatic nitrogens is 1. The molecule has 5 heteroatoms. The smallest absolute Gasteiger partial charge is 0.350 e. The number of carbonyl (C=O) groups is 1. The second-order valence-corrected chi connectivity index (χ2v) is 8.78. The van der Waals surface area contributed by atoms with Crippen molar-refractivity contribution in [1.29, 1.82) is 0 Å². The fourth-order valence-electron chi connectivity index (χ4n) is 2.48. The molecule has 3 rings (SSSR count). The zero-order chi connectivity index (χ0) is 18.0. The van der Waals surface area contributed by atoms with Crippen molar-refractivity contribution in [3.05, 3.63) is 53.0 Å². The largest absolute Gasteiger partial charge is 0.462 e. The molecule has 3 aromatic rings. The molecule has 2 aromatic heterocycles. The molecular formula is C20H21NO2S2. The molecule has 0 fully saturated rings. The lowest BCUT2D eigenvalue weighted by Crippen LogP contribution is -2.17. The number of hydrogen-bond donors (Lipinski definition) is 0. The van der Waals surface area contributed by atoms with Gasteiger partial charge in [0.15, 0.2) is 0 Å². The normalized spacial score (nSPS) is 11.5. The Morgan fingerprint density at radius 2 is 1.72 bits per heavy atom. The van der Waals surface area contributed by atoms with Gasteiger partial charge in [-0.25, -0.2) is 9.78 Å². The van der Waals surface area contributed by atoms with Gasteiger partial charge in [-0.15, -0.1) is 22.7 Å².